The summed E-state index contributed by atoms with van der Waals surface area (Å²) in [7, 11) is 2.14. The Morgan fingerprint density at radius 3 is 2.54 bits per heavy atom. The van der Waals surface area contributed by atoms with Gasteiger partial charge < -0.3 is 30.5 Å². The molecule has 3 atom stereocenters. The van der Waals surface area contributed by atoms with Crippen LogP contribution in [0.3, 0.4) is 0 Å². The van der Waals surface area contributed by atoms with E-state index in [4.69, 9.17) is 15.5 Å². The molecule has 39 heavy (non-hydrogen) atoms. The molecule has 11 heteroatoms. The number of ketones is 1. The molecule has 3 aliphatic heterocycles. The average molecular weight is 553 g/mol. The molecule has 6 rings (SSSR count). The first-order chi connectivity index (χ1) is 18.8. The molecule has 4 aliphatic rings. The molecule has 4 heterocycles. The van der Waals surface area contributed by atoms with Crippen molar-refractivity contribution in [3.8, 4) is 11.3 Å². The van der Waals surface area contributed by atoms with Gasteiger partial charge in [0, 0.05) is 49.2 Å². The van der Waals surface area contributed by atoms with Crippen LogP contribution in [0.1, 0.15) is 42.5 Å². The Hall–Kier alpha value is -2.86. The Morgan fingerprint density at radius 1 is 1.10 bits per heavy atom. The largest absolute Gasteiger partial charge is 0.366 e. The maximum atomic E-state index is 13.9. The predicted octanol–water partition coefficient (Wildman–Crippen LogP) is 1.50. The van der Waals surface area contributed by atoms with Crippen molar-refractivity contribution >= 4 is 34.1 Å². The van der Waals surface area contributed by atoms with Crippen LogP contribution in [0.25, 0.3) is 11.3 Å². The lowest BCUT2D eigenvalue weighted by atomic mass is 9.80. The molecular weight excluding hydrogens is 516 g/mol. The monoisotopic (exact) mass is 552 g/mol. The summed E-state index contributed by atoms with van der Waals surface area (Å²) in [6, 6.07) is 6.33. The van der Waals surface area contributed by atoms with Gasteiger partial charge in [-0.05, 0) is 32.0 Å². The standard InChI is InChI=1S/C28H36N6O4S/c1-32-11-13-33(14-12-32)27-30-21(17-39-27)18-5-7-19(8-6-18)25(36)31-28(9-3-2-4-10-28)26(37)34-15-20(29)24-23(34)22(35)16-38-24/h5-8,17,20,23-24H,2-4,9-16,29H2,1H3,(H,31,36)/t20-,23+,24+/m0/s1. The third-order valence-corrected chi connectivity index (χ3v) is 9.56. The first kappa shape index (κ1) is 26.4. The molecule has 2 amide bonds. The highest BCUT2D eigenvalue weighted by molar-refractivity contribution is 7.14. The number of hydrogen-bond acceptors (Lipinski definition) is 9. The first-order valence-corrected chi connectivity index (χ1v) is 14.8. The van der Waals surface area contributed by atoms with E-state index in [1.807, 2.05) is 12.1 Å². The summed E-state index contributed by atoms with van der Waals surface area (Å²) in [5, 5.41) is 6.17. The van der Waals surface area contributed by atoms with Crippen LogP contribution in [0, 0.1) is 0 Å². The van der Waals surface area contributed by atoms with Gasteiger partial charge in [0.15, 0.2) is 10.9 Å². The molecule has 1 aliphatic carbocycles. The molecule has 3 saturated heterocycles. The van der Waals surface area contributed by atoms with Crippen LogP contribution >= 0.6 is 11.3 Å². The van der Waals surface area contributed by atoms with E-state index in [-0.39, 0.29) is 30.7 Å². The minimum atomic E-state index is -1.04. The maximum absolute atomic E-state index is 13.9. The van der Waals surface area contributed by atoms with Crippen LogP contribution in [0.2, 0.25) is 0 Å². The van der Waals surface area contributed by atoms with Gasteiger partial charge in [0.05, 0.1) is 11.7 Å². The lowest BCUT2D eigenvalue weighted by Crippen LogP contribution is -2.62. The van der Waals surface area contributed by atoms with Crippen molar-refractivity contribution in [2.75, 3.05) is 51.3 Å². The van der Waals surface area contributed by atoms with Gasteiger partial charge in [-0.3, -0.25) is 14.4 Å². The lowest BCUT2D eigenvalue weighted by Gasteiger charge is -2.40. The Morgan fingerprint density at radius 2 is 1.82 bits per heavy atom. The second kappa shape index (κ2) is 10.6. The van der Waals surface area contributed by atoms with Gasteiger partial charge in [-0.2, -0.15) is 0 Å². The number of fused-ring (bicyclic) bond motifs is 1. The quantitative estimate of drug-likeness (QED) is 0.573. The normalized spacial score (nSPS) is 27.0. The maximum Gasteiger partial charge on any atom is 0.252 e. The third-order valence-electron chi connectivity index (χ3n) is 8.66. The summed E-state index contributed by atoms with van der Waals surface area (Å²) in [6.45, 7) is 4.23. The number of ether oxygens (including phenoxy) is 1. The number of Topliss-reactive ketones (excluding diaryl/α,β-unsaturated/α-hetero) is 1. The lowest BCUT2D eigenvalue weighted by molar-refractivity contribution is -0.143. The molecule has 3 N–H and O–H groups in total. The van der Waals surface area contributed by atoms with Crippen molar-refractivity contribution in [3.63, 3.8) is 0 Å². The van der Waals surface area contributed by atoms with Gasteiger partial charge in [-0.1, -0.05) is 31.4 Å². The number of benzene rings is 1. The van der Waals surface area contributed by atoms with Crippen LogP contribution in [0.15, 0.2) is 29.6 Å². The summed E-state index contributed by atoms with van der Waals surface area (Å²) >= 11 is 1.64. The summed E-state index contributed by atoms with van der Waals surface area (Å²) in [5.74, 6) is -0.623. The number of nitrogens with one attached hydrogen (secondary N) is 1. The predicted molar refractivity (Wildman–Crippen MR) is 149 cm³/mol. The molecular formula is C28H36N6O4S. The number of thiazole rings is 1. The number of nitrogens with zero attached hydrogens (tertiary/aromatic N) is 4. The van der Waals surface area contributed by atoms with Crippen LogP contribution in [-0.4, -0.2) is 102 Å². The minimum absolute atomic E-state index is 0.0195. The molecule has 208 valence electrons. The van der Waals surface area contributed by atoms with E-state index in [0.717, 1.165) is 61.8 Å². The number of nitrogens with two attached hydrogens (primary N) is 1. The van der Waals surface area contributed by atoms with Crippen LogP contribution in [0.4, 0.5) is 5.13 Å². The van der Waals surface area contributed by atoms with Crippen molar-refractivity contribution in [3.05, 3.63) is 35.2 Å². The highest BCUT2D eigenvalue weighted by atomic mass is 32.1. The number of carbonyl (C=O) groups is 3. The van der Waals surface area contributed by atoms with E-state index in [0.29, 0.717) is 18.4 Å². The zero-order valence-corrected chi connectivity index (χ0v) is 23.1. The van der Waals surface area contributed by atoms with Gasteiger partial charge in [-0.25, -0.2) is 4.98 Å². The highest BCUT2D eigenvalue weighted by Crippen LogP contribution is 2.35. The number of amides is 2. The van der Waals surface area contributed by atoms with E-state index in [1.54, 1.807) is 28.4 Å². The molecule has 0 radical (unpaired) electrons. The molecule has 0 bridgehead atoms. The van der Waals surface area contributed by atoms with Crippen LogP contribution < -0.4 is 16.0 Å². The number of likely N-dealkylation sites (tertiary alicyclic amines) is 1. The van der Waals surface area contributed by atoms with Gasteiger partial charge in [0.1, 0.15) is 24.3 Å². The van der Waals surface area contributed by atoms with Gasteiger partial charge in [0.25, 0.3) is 5.91 Å². The van der Waals surface area contributed by atoms with Crippen molar-refractivity contribution in [1.82, 2.24) is 20.1 Å². The molecule has 2 aromatic rings. The topological polar surface area (TPSA) is 121 Å². The Balaban J connectivity index is 1.17. The fourth-order valence-corrected chi connectivity index (χ4v) is 7.23. The zero-order chi connectivity index (χ0) is 27.1. The molecule has 1 aromatic carbocycles. The number of rotatable bonds is 5. The number of aromatic nitrogens is 1. The molecule has 1 aromatic heterocycles. The van der Waals surface area contributed by atoms with Crippen LogP contribution in [-0.2, 0) is 14.3 Å². The number of anilines is 1. The second-order valence-electron chi connectivity index (χ2n) is 11.3. The SMILES string of the molecule is CN1CCN(c2nc(-c3ccc(C(=O)NC4(C(=O)N5C[C@H](N)[C@H]6OCC(=O)[C@H]65)CCCCC4)cc3)cs2)CC1. The molecule has 0 unspecified atom stereocenters. The highest BCUT2D eigenvalue weighted by Gasteiger charge is 2.55. The Kier molecular flexibility index (Phi) is 7.17. The summed E-state index contributed by atoms with van der Waals surface area (Å²) in [4.78, 5) is 51.0. The van der Waals surface area contributed by atoms with Crippen molar-refractivity contribution in [2.24, 2.45) is 5.73 Å². The van der Waals surface area contributed by atoms with E-state index < -0.39 is 23.7 Å². The zero-order valence-electron chi connectivity index (χ0n) is 22.3. The van der Waals surface area contributed by atoms with E-state index in [1.165, 1.54) is 0 Å². The number of carbonyl (C=O) groups excluding carboxylic acids is 3. The molecule has 1 saturated carbocycles. The molecule has 4 fully saturated rings. The smallest absolute Gasteiger partial charge is 0.252 e. The van der Waals surface area contributed by atoms with E-state index in [2.05, 4.69) is 27.5 Å². The van der Waals surface area contributed by atoms with E-state index in [9.17, 15) is 14.4 Å². The van der Waals surface area contributed by atoms with Gasteiger partial charge in [0.2, 0.25) is 5.91 Å². The number of hydrogen-bond donors (Lipinski definition) is 2. The Labute approximate surface area is 232 Å². The molecule has 0 spiro atoms. The van der Waals surface area contributed by atoms with E-state index >= 15 is 0 Å². The van der Waals surface area contributed by atoms with Crippen LogP contribution in [0.5, 0.6) is 0 Å². The summed E-state index contributed by atoms with van der Waals surface area (Å²) in [6.07, 6.45) is 3.30. The van der Waals surface area contributed by atoms with Crippen molar-refractivity contribution in [2.45, 2.75) is 55.8 Å². The van der Waals surface area contributed by atoms with Crippen molar-refractivity contribution < 1.29 is 19.1 Å². The molecule has 10 nitrogen and oxygen atoms in total. The van der Waals surface area contributed by atoms with Gasteiger partial charge in [-0.15, -0.1) is 11.3 Å². The Bertz CT molecular complexity index is 1230. The van der Waals surface area contributed by atoms with Crippen molar-refractivity contribution in [1.29, 1.82) is 0 Å². The fraction of sp³-hybridized carbons (Fsp3) is 0.571. The minimum Gasteiger partial charge on any atom is -0.366 e. The second-order valence-corrected chi connectivity index (χ2v) is 12.1. The average Bonchev–Trinajstić information content (AvgIpc) is 3.67. The summed E-state index contributed by atoms with van der Waals surface area (Å²) in [5.41, 5.74) is 7.50. The summed E-state index contributed by atoms with van der Waals surface area (Å²) < 4.78 is 5.58. The number of likely N-dealkylation sites (N-methyl/N-ethyl adjacent to an activating group) is 1. The number of piperazine rings is 1. The first-order valence-electron chi connectivity index (χ1n) is 13.9. The fourth-order valence-electron chi connectivity index (χ4n) is 6.35. The third kappa shape index (κ3) is 4.97. The van der Waals surface area contributed by atoms with Gasteiger partial charge >= 0.3 is 0 Å².